The van der Waals surface area contributed by atoms with E-state index in [1.54, 1.807) is 0 Å². The molecule has 0 saturated heterocycles. The van der Waals surface area contributed by atoms with E-state index in [2.05, 4.69) is 198 Å². The summed E-state index contributed by atoms with van der Waals surface area (Å²) in [5, 5.41) is 9.64. The van der Waals surface area contributed by atoms with Gasteiger partial charge in [0.15, 0.2) is 0 Å². The Morgan fingerprint density at radius 3 is 1.91 bits per heavy atom. The minimum atomic E-state index is 0.873. The highest BCUT2D eigenvalue weighted by Gasteiger charge is 2.21. The zero-order valence-electron chi connectivity index (χ0n) is 28.8. The van der Waals surface area contributed by atoms with E-state index < -0.39 is 0 Å². The van der Waals surface area contributed by atoms with Gasteiger partial charge in [-0.05, 0) is 99.4 Å². The molecule has 2 aromatic heterocycles. The summed E-state index contributed by atoms with van der Waals surface area (Å²) in [7, 11) is 0. The van der Waals surface area contributed by atoms with Crippen LogP contribution in [0.3, 0.4) is 0 Å². The molecule has 53 heavy (non-hydrogen) atoms. The first-order valence-corrected chi connectivity index (χ1v) is 18.1. The summed E-state index contributed by atoms with van der Waals surface area (Å²) in [5.41, 5.74) is 10.9. The molecule has 9 aromatic carbocycles. The molecule has 3 heteroatoms. The van der Waals surface area contributed by atoms with E-state index in [1.165, 1.54) is 54.5 Å². The number of aromatic nitrogens is 1. The van der Waals surface area contributed by atoms with E-state index in [0.717, 1.165) is 44.7 Å². The Hall–Kier alpha value is -7.10. The predicted molar refractivity (Wildman–Crippen MR) is 223 cm³/mol. The van der Waals surface area contributed by atoms with Crippen LogP contribution in [0.25, 0.3) is 82.1 Å². The Morgan fingerprint density at radius 1 is 0.396 bits per heavy atom. The van der Waals surface area contributed by atoms with Crippen LogP contribution in [0.15, 0.2) is 199 Å². The van der Waals surface area contributed by atoms with Crippen molar-refractivity contribution in [3.8, 4) is 16.8 Å². The zero-order chi connectivity index (χ0) is 34.9. The van der Waals surface area contributed by atoms with E-state index in [-0.39, 0.29) is 0 Å². The zero-order valence-corrected chi connectivity index (χ0v) is 28.8. The number of para-hydroxylation sites is 3. The second-order valence-electron chi connectivity index (χ2n) is 13.7. The Morgan fingerprint density at radius 2 is 1.04 bits per heavy atom. The normalized spacial score (nSPS) is 11.8. The van der Waals surface area contributed by atoms with Gasteiger partial charge in [-0.25, -0.2) is 0 Å². The van der Waals surface area contributed by atoms with E-state index >= 15 is 0 Å². The van der Waals surface area contributed by atoms with Crippen molar-refractivity contribution in [2.75, 3.05) is 4.90 Å². The number of anilines is 3. The van der Waals surface area contributed by atoms with Gasteiger partial charge in [0.1, 0.15) is 11.2 Å². The first kappa shape index (κ1) is 29.6. The topological polar surface area (TPSA) is 21.3 Å². The molecule has 0 amide bonds. The fourth-order valence-electron chi connectivity index (χ4n) is 8.40. The molecule has 0 radical (unpaired) electrons. The molecule has 0 N–H and O–H groups in total. The molecule has 0 atom stereocenters. The lowest BCUT2D eigenvalue weighted by atomic mass is 9.98. The Labute approximate surface area is 306 Å². The van der Waals surface area contributed by atoms with Crippen molar-refractivity contribution in [2.45, 2.75) is 0 Å². The van der Waals surface area contributed by atoms with Crippen LogP contribution in [-0.2, 0) is 0 Å². The van der Waals surface area contributed by atoms with Crippen molar-refractivity contribution in [3.05, 3.63) is 194 Å². The standard InChI is InChI=1S/C50H32N2O/c1-2-13-36(14-3-1)52-44-19-8-6-16-41(44)49-40(18-10-20-45(49)52)34-26-29-37(30-27-34)51(46-21-11-23-48-50(46)42-17-7-9-22-47(42)53-48)38-31-28-35-25-24-33-12-4-5-15-39(33)43(35)32-38/h1-32H. The maximum Gasteiger partial charge on any atom is 0.137 e. The number of hydrogen-bond donors (Lipinski definition) is 0. The molecular formula is C50H32N2O. The smallest absolute Gasteiger partial charge is 0.137 e. The molecule has 0 aliphatic heterocycles. The molecule has 11 rings (SSSR count). The van der Waals surface area contributed by atoms with Crippen LogP contribution in [0.2, 0.25) is 0 Å². The molecule has 0 aliphatic carbocycles. The number of rotatable bonds is 5. The predicted octanol–water partition coefficient (Wildman–Crippen LogP) is 14.1. The largest absolute Gasteiger partial charge is 0.456 e. The average molecular weight is 677 g/mol. The van der Waals surface area contributed by atoms with E-state index in [0.29, 0.717) is 0 Å². The van der Waals surface area contributed by atoms with E-state index in [4.69, 9.17) is 4.42 Å². The number of furan rings is 1. The van der Waals surface area contributed by atoms with Gasteiger partial charge in [0, 0.05) is 33.2 Å². The quantitative estimate of drug-likeness (QED) is 0.169. The van der Waals surface area contributed by atoms with Crippen LogP contribution < -0.4 is 4.90 Å². The maximum absolute atomic E-state index is 6.40. The highest BCUT2D eigenvalue weighted by atomic mass is 16.3. The summed E-state index contributed by atoms with van der Waals surface area (Å²) in [6.07, 6.45) is 0. The van der Waals surface area contributed by atoms with Crippen LogP contribution >= 0.6 is 0 Å². The van der Waals surface area contributed by atoms with Gasteiger partial charge in [0.25, 0.3) is 0 Å². The highest BCUT2D eigenvalue weighted by molar-refractivity contribution is 6.17. The van der Waals surface area contributed by atoms with Gasteiger partial charge in [-0.3, -0.25) is 0 Å². The molecule has 0 aliphatic rings. The Balaban J connectivity index is 1.13. The summed E-state index contributed by atoms with van der Waals surface area (Å²) < 4.78 is 8.78. The van der Waals surface area contributed by atoms with Crippen LogP contribution in [0.5, 0.6) is 0 Å². The van der Waals surface area contributed by atoms with Crippen LogP contribution in [0.4, 0.5) is 17.1 Å². The van der Waals surface area contributed by atoms with Crippen molar-refractivity contribution in [3.63, 3.8) is 0 Å². The van der Waals surface area contributed by atoms with Gasteiger partial charge in [0.2, 0.25) is 0 Å². The van der Waals surface area contributed by atoms with Gasteiger partial charge in [-0.2, -0.15) is 0 Å². The molecule has 248 valence electrons. The third kappa shape index (κ3) is 4.61. The van der Waals surface area contributed by atoms with Crippen molar-refractivity contribution < 1.29 is 4.42 Å². The Bertz CT molecular complexity index is 3170. The van der Waals surface area contributed by atoms with Crippen molar-refractivity contribution >= 4 is 82.4 Å². The van der Waals surface area contributed by atoms with Crippen LogP contribution in [0.1, 0.15) is 0 Å². The lowest BCUT2D eigenvalue weighted by Crippen LogP contribution is -2.10. The average Bonchev–Trinajstić information content (AvgIpc) is 3.78. The summed E-state index contributed by atoms with van der Waals surface area (Å²) in [6, 6.07) is 69.8. The monoisotopic (exact) mass is 676 g/mol. The van der Waals surface area contributed by atoms with Crippen LogP contribution in [0, 0.1) is 0 Å². The van der Waals surface area contributed by atoms with E-state index in [9.17, 15) is 0 Å². The maximum atomic E-state index is 6.40. The second kappa shape index (κ2) is 11.7. The Kier molecular flexibility index (Phi) is 6.55. The molecule has 2 heterocycles. The lowest BCUT2D eigenvalue weighted by Gasteiger charge is -2.27. The van der Waals surface area contributed by atoms with Gasteiger partial charge < -0.3 is 13.9 Å². The van der Waals surface area contributed by atoms with E-state index in [1.807, 2.05) is 6.07 Å². The van der Waals surface area contributed by atoms with Gasteiger partial charge in [0.05, 0.1) is 22.1 Å². The van der Waals surface area contributed by atoms with Crippen molar-refractivity contribution in [1.29, 1.82) is 0 Å². The lowest BCUT2D eigenvalue weighted by molar-refractivity contribution is 0.669. The molecule has 0 bridgehead atoms. The third-order valence-corrected chi connectivity index (χ3v) is 10.8. The number of hydrogen-bond acceptors (Lipinski definition) is 2. The number of fused-ring (bicyclic) bond motifs is 9. The molecule has 0 saturated carbocycles. The van der Waals surface area contributed by atoms with Crippen molar-refractivity contribution in [1.82, 2.24) is 4.57 Å². The van der Waals surface area contributed by atoms with Crippen molar-refractivity contribution in [2.24, 2.45) is 0 Å². The minimum absolute atomic E-state index is 0.873. The molecule has 3 nitrogen and oxygen atoms in total. The minimum Gasteiger partial charge on any atom is -0.456 e. The first-order valence-electron chi connectivity index (χ1n) is 18.1. The second-order valence-corrected chi connectivity index (χ2v) is 13.7. The summed E-state index contributed by atoms with van der Waals surface area (Å²) in [5.74, 6) is 0. The summed E-state index contributed by atoms with van der Waals surface area (Å²) in [4.78, 5) is 2.39. The fraction of sp³-hybridized carbons (Fsp3) is 0. The first-order chi connectivity index (χ1) is 26.3. The molecule has 11 aromatic rings. The molecule has 0 unspecified atom stereocenters. The molecule has 0 spiro atoms. The molecular weight excluding hydrogens is 645 g/mol. The molecule has 0 fully saturated rings. The summed E-state index contributed by atoms with van der Waals surface area (Å²) >= 11 is 0. The van der Waals surface area contributed by atoms with Gasteiger partial charge in [-0.1, -0.05) is 127 Å². The van der Waals surface area contributed by atoms with Gasteiger partial charge >= 0.3 is 0 Å². The third-order valence-electron chi connectivity index (χ3n) is 10.8. The number of benzene rings is 9. The number of nitrogens with zero attached hydrogens (tertiary/aromatic N) is 2. The summed E-state index contributed by atoms with van der Waals surface area (Å²) in [6.45, 7) is 0. The highest BCUT2D eigenvalue weighted by Crippen LogP contribution is 2.45. The fourth-order valence-corrected chi connectivity index (χ4v) is 8.40. The van der Waals surface area contributed by atoms with Gasteiger partial charge in [-0.15, -0.1) is 0 Å². The van der Waals surface area contributed by atoms with Crippen LogP contribution in [-0.4, -0.2) is 4.57 Å². The SMILES string of the molecule is c1ccc(-n2c3ccccc3c3c(-c4ccc(N(c5ccc6ccc7ccccc7c6c5)c5cccc6oc7ccccc7c56)cc4)cccc32)cc1.